The van der Waals surface area contributed by atoms with Crippen LogP contribution in [0.1, 0.15) is 47.7 Å². The first-order valence-electron chi connectivity index (χ1n) is 9.05. The van der Waals surface area contributed by atoms with Crippen LogP contribution in [0.15, 0.2) is 17.1 Å². The van der Waals surface area contributed by atoms with Crippen molar-refractivity contribution in [1.82, 2.24) is 10.3 Å². The van der Waals surface area contributed by atoms with Crippen molar-refractivity contribution in [2.45, 2.75) is 38.8 Å². The SMILES string of the molecule is Cc1cc(C2N=C(NC#N)Nc3nc(N)c(C#N)c(N)c32)cc2c1OC(C)(C)C2. The summed E-state index contributed by atoms with van der Waals surface area (Å²) in [5, 5.41) is 23.9. The fourth-order valence-corrected chi connectivity index (χ4v) is 3.91. The van der Waals surface area contributed by atoms with Gasteiger partial charge in [-0.1, -0.05) is 0 Å². The van der Waals surface area contributed by atoms with Gasteiger partial charge in [0.25, 0.3) is 0 Å². The molecule has 0 aliphatic carbocycles. The van der Waals surface area contributed by atoms with Crippen molar-refractivity contribution in [3.05, 3.63) is 39.9 Å². The van der Waals surface area contributed by atoms with Gasteiger partial charge in [0.1, 0.15) is 40.7 Å². The molecule has 6 N–H and O–H groups in total. The Balaban J connectivity index is 1.92. The van der Waals surface area contributed by atoms with Crippen LogP contribution >= 0.6 is 0 Å². The lowest BCUT2D eigenvalue weighted by molar-refractivity contribution is 0.137. The van der Waals surface area contributed by atoms with Crippen molar-refractivity contribution in [2.75, 3.05) is 16.8 Å². The number of aromatic nitrogens is 1. The van der Waals surface area contributed by atoms with E-state index in [1.807, 2.05) is 45.2 Å². The second-order valence-corrected chi connectivity index (χ2v) is 7.77. The minimum atomic E-state index is -0.560. The molecule has 0 amide bonds. The molecule has 9 nitrogen and oxygen atoms in total. The van der Waals surface area contributed by atoms with Gasteiger partial charge in [0.05, 0.1) is 5.69 Å². The highest BCUT2D eigenvalue weighted by Gasteiger charge is 2.34. The molecule has 1 atom stereocenters. The van der Waals surface area contributed by atoms with E-state index in [2.05, 4.69) is 20.6 Å². The topological polar surface area (TPSA) is 158 Å². The number of anilines is 3. The monoisotopic (exact) mass is 388 g/mol. The lowest BCUT2D eigenvalue weighted by atomic mass is 9.91. The van der Waals surface area contributed by atoms with Gasteiger partial charge in [-0.15, -0.1) is 0 Å². The number of nitrogens with zero attached hydrogens (tertiary/aromatic N) is 4. The zero-order valence-electron chi connectivity index (χ0n) is 16.3. The third kappa shape index (κ3) is 2.93. The van der Waals surface area contributed by atoms with Crippen LogP contribution in [0.4, 0.5) is 17.3 Å². The number of hydrogen-bond acceptors (Lipinski definition) is 9. The van der Waals surface area contributed by atoms with Crippen LogP contribution in [0.3, 0.4) is 0 Å². The number of benzene rings is 1. The van der Waals surface area contributed by atoms with E-state index in [9.17, 15) is 5.26 Å². The number of hydrogen-bond donors (Lipinski definition) is 4. The lowest BCUT2D eigenvalue weighted by Gasteiger charge is -2.26. The van der Waals surface area contributed by atoms with Crippen LogP contribution in [-0.4, -0.2) is 16.5 Å². The number of guanidine groups is 1. The maximum Gasteiger partial charge on any atom is 0.211 e. The number of aryl methyl sites for hydroxylation is 1. The molecule has 2 aromatic rings. The Morgan fingerprint density at radius 3 is 2.76 bits per heavy atom. The number of nitriles is 2. The molecule has 2 aliphatic heterocycles. The van der Waals surface area contributed by atoms with E-state index >= 15 is 0 Å². The van der Waals surface area contributed by atoms with Gasteiger partial charge in [0.15, 0.2) is 6.19 Å². The smallest absolute Gasteiger partial charge is 0.211 e. The summed E-state index contributed by atoms with van der Waals surface area (Å²) in [6, 6.07) is 5.46. The van der Waals surface area contributed by atoms with Gasteiger partial charge in [-0.2, -0.15) is 10.5 Å². The Bertz CT molecular complexity index is 1150. The molecule has 1 aromatic carbocycles. The predicted molar refractivity (Wildman–Crippen MR) is 109 cm³/mol. The Morgan fingerprint density at radius 2 is 2.07 bits per heavy atom. The number of pyridine rings is 1. The summed E-state index contributed by atoms with van der Waals surface area (Å²) in [5.74, 6) is 1.50. The van der Waals surface area contributed by atoms with Crippen LogP contribution in [0.2, 0.25) is 0 Å². The molecular weight excluding hydrogens is 368 g/mol. The largest absolute Gasteiger partial charge is 0.487 e. The number of fused-ring (bicyclic) bond motifs is 2. The third-order valence-corrected chi connectivity index (χ3v) is 5.04. The van der Waals surface area contributed by atoms with E-state index in [-0.39, 0.29) is 28.6 Å². The van der Waals surface area contributed by atoms with Crippen LogP contribution in [0.5, 0.6) is 5.75 Å². The molecule has 1 aromatic heterocycles. The Morgan fingerprint density at radius 1 is 1.31 bits per heavy atom. The molecule has 0 radical (unpaired) electrons. The summed E-state index contributed by atoms with van der Waals surface area (Å²) in [4.78, 5) is 8.89. The molecule has 146 valence electrons. The van der Waals surface area contributed by atoms with E-state index in [4.69, 9.17) is 21.5 Å². The third-order valence-electron chi connectivity index (χ3n) is 5.04. The number of nitrogen functional groups attached to an aromatic ring is 2. The van der Waals surface area contributed by atoms with Gasteiger partial charge in [0.2, 0.25) is 5.96 Å². The van der Waals surface area contributed by atoms with E-state index in [1.54, 1.807) is 0 Å². The van der Waals surface area contributed by atoms with Crippen LogP contribution in [0, 0.1) is 29.7 Å². The highest BCUT2D eigenvalue weighted by atomic mass is 16.5. The zero-order valence-corrected chi connectivity index (χ0v) is 16.3. The molecule has 0 saturated heterocycles. The first kappa shape index (κ1) is 18.4. The standard InChI is InChI=1S/C20H20N8O/c1-9-4-10(5-11-6-20(2,3)29-16(9)11)15-13-14(23)12(7-21)17(24)27-18(13)28-19(26-15)25-8-22/h4-5,15H,6H2,1-3H3,(H6,23,24,25,26,27,28). The second-order valence-electron chi connectivity index (χ2n) is 7.77. The molecule has 1 unspecified atom stereocenters. The molecule has 0 bridgehead atoms. The summed E-state index contributed by atoms with van der Waals surface area (Å²) in [7, 11) is 0. The molecule has 29 heavy (non-hydrogen) atoms. The maximum absolute atomic E-state index is 9.44. The normalized spacial score (nSPS) is 18.2. The van der Waals surface area contributed by atoms with Crippen LogP contribution in [0.25, 0.3) is 0 Å². The minimum absolute atomic E-state index is 0.0218. The average molecular weight is 388 g/mol. The summed E-state index contributed by atoms with van der Waals surface area (Å²) in [6.45, 7) is 6.07. The zero-order chi connectivity index (χ0) is 20.9. The summed E-state index contributed by atoms with van der Waals surface area (Å²) >= 11 is 0. The Labute approximate surface area is 168 Å². The van der Waals surface area contributed by atoms with E-state index in [1.165, 1.54) is 0 Å². The summed E-state index contributed by atoms with van der Waals surface area (Å²) < 4.78 is 6.07. The van der Waals surface area contributed by atoms with E-state index in [0.717, 1.165) is 28.9 Å². The van der Waals surface area contributed by atoms with Crippen molar-refractivity contribution >= 4 is 23.3 Å². The molecule has 9 heteroatoms. The average Bonchev–Trinajstić information content (AvgIpc) is 2.96. The lowest BCUT2D eigenvalue weighted by Crippen LogP contribution is -2.32. The highest BCUT2D eigenvalue weighted by Crippen LogP contribution is 2.44. The van der Waals surface area contributed by atoms with Crippen molar-refractivity contribution in [3.8, 4) is 18.0 Å². The van der Waals surface area contributed by atoms with Crippen LogP contribution in [-0.2, 0) is 6.42 Å². The van der Waals surface area contributed by atoms with Crippen molar-refractivity contribution < 1.29 is 4.74 Å². The van der Waals surface area contributed by atoms with Gasteiger partial charge in [0, 0.05) is 12.0 Å². The van der Waals surface area contributed by atoms with Gasteiger partial charge in [-0.3, -0.25) is 5.32 Å². The fourth-order valence-electron chi connectivity index (χ4n) is 3.91. The number of nitrogens with two attached hydrogens (primary N) is 2. The van der Waals surface area contributed by atoms with Gasteiger partial charge in [-0.25, -0.2) is 9.98 Å². The van der Waals surface area contributed by atoms with Crippen molar-refractivity contribution in [1.29, 1.82) is 10.5 Å². The van der Waals surface area contributed by atoms with Gasteiger partial charge < -0.3 is 21.5 Å². The molecule has 0 fully saturated rings. The molecule has 4 rings (SSSR count). The summed E-state index contributed by atoms with van der Waals surface area (Å²) in [6.07, 6.45) is 2.61. The molecule has 3 heterocycles. The van der Waals surface area contributed by atoms with Gasteiger partial charge in [-0.05, 0) is 49.6 Å². The quantitative estimate of drug-likeness (QED) is 0.427. The first-order valence-corrected chi connectivity index (χ1v) is 9.05. The number of rotatable bonds is 1. The number of aliphatic imine (C=N–C) groups is 1. The molecule has 0 saturated carbocycles. The fraction of sp³-hybridized carbons (Fsp3) is 0.300. The predicted octanol–water partition coefficient (Wildman–Crippen LogP) is 2.08. The van der Waals surface area contributed by atoms with Crippen LogP contribution < -0.4 is 26.8 Å². The number of nitrogens with one attached hydrogen (secondary N) is 2. The Hall–Kier alpha value is -3.98. The molecule has 2 aliphatic rings. The van der Waals surface area contributed by atoms with Crippen molar-refractivity contribution in [2.24, 2.45) is 4.99 Å². The van der Waals surface area contributed by atoms with Gasteiger partial charge >= 0.3 is 0 Å². The van der Waals surface area contributed by atoms with E-state index in [0.29, 0.717) is 11.4 Å². The van der Waals surface area contributed by atoms with Crippen molar-refractivity contribution in [3.63, 3.8) is 0 Å². The molecular formula is C20H20N8O. The maximum atomic E-state index is 9.44. The highest BCUT2D eigenvalue weighted by molar-refractivity contribution is 5.98. The first-order chi connectivity index (χ1) is 13.7. The Kier molecular flexibility index (Phi) is 3.98. The minimum Gasteiger partial charge on any atom is -0.487 e. The number of ether oxygens (including phenoxy) is 1. The molecule has 0 spiro atoms. The summed E-state index contributed by atoms with van der Waals surface area (Å²) in [5.41, 5.74) is 15.7. The second kappa shape index (κ2) is 6.28. The van der Waals surface area contributed by atoms with E-state index < -0.39 is 6.04 Å².